The van der Waals surface area contributed by atoms with Crippen molar-refractivity contribution in [3.05, 3.63) is 211 Å². The fourth-order valence-corrected chi connectivity index (χ4v) is 12.4. The number of hydrogen-bond donors (Lipinski definition) is 0. The van der Waals surface area contributed by atoms with Crippen molar-refractivity contribution in [2.45, 2.75) is 5.92 Å². The fourth-order valence-electron chi connectivity index (χ4n) is 12.4. The maximum atomic E-state index is 2.62. The molecule has 1 aromatic heterocycles. The smallest absolute Gasteiger partial charge is 0.252 e. The first-order valence-electron chi connectivity index (χ1n) is 21.2. The predicted molar refractivity (Wildman–Crippen MR) is 252 cm³/mol. The lowest BCUT2D eigenvalue weighted by Gasteiger charge is -2.42. The van der Waals surface area contributed by atoms with Crippen LogP contribution < -0.4 is 42.6 Å². The molecule has 0 radical (unpaired) electrons. The first kappa shape index (κ1) is 31.5. The summed E-state index contributed by atoms with van der Waals surface area (Å²) in [5, 5.41) is 2.73. The standard InChI is InChI=1S/C55H33B2N3/c1-3-15-33(16-4-1)58-43-26-9-7-22-39(43)56-41-24-11-19-35-36-31-32-45-50(51(36)52(49(35)41)37-20-13-28-46(58)53(37)56)38-21-12-25-42-55(38)60(45)48-30-14-29-47-54(48)57(42)40-23-8-10-27-44(40)59(47)34-17-5-2-6-18-34/h1-32,52H. The Labute approximate surface area is 348 Å². The van der Waals surface area contributed by atoms with E-state index in [1.54, 1.807) is 0 Å². The Bertz CT molecular complexity index is 3540. The third kappa shape index (κ3) is 3.68. The second kappa shape index (κ2) is 11.2. The molecule has 0 fully saturated rings. The van der Waals surface area contributed by atoms with Crippen LogP contribution in [0.15, 0.2) is 194 Å². The van der Waals surface area contributed by atoms with Crippen molar-refractivity contribution in [1.29, 1.82) is 0 Å². The van der Waals surface area contributed by atoms with Crippen molar-refractivity contribution in [2.24, 2.45) is 0 Å². The Morgan fingerprint density at radius 1 is 0.367 bits per heavy atom. The van der Waals surface area contributed by atoms with Crippen LogP contribution in [0, 0.1) is 0 Å². The van der Waals surface area contributed by atoms with E-state index in [0.717, 1.165) is 0 Å². The molecule has 5 heterocycles. The summed E-state index contributed by atoms with van der Waals surface area (Å²) < 4.78 is 2.62. The van der Waals surface area contributed by atoms with Crippen LogP contribution in [0.5, 0.6) is 0 Å². The minimum absolute atomic E-state index is 0.110. The lowest BCUT2D eigenvalue weighted by atomic mass is 9.31. The van der Waals surface area contributed by atoms with Crippen LogP contribution in [0.1, 0.15) is 22.6 Å². The van der Waals surface area contributed by atoms with Crippen molar-refractivity contribution < 1.29 is 0 Å². The van der Waals surface area contributed by atoms with Crippen molar-refractivity contribution in [1.82, 2.24) is 4.57 Å². The van der Waals surface area contributed by atoms with Crippen molar-refractivity contribution in [3.63, 3.8) is 0 Å². The highest BCUT2D eigenvalue weighted by atomic mass is 15.2. The van der Waals surface area contributed by atoms with Crippen LogP contribution >= 0.6 is 0 Å². The number of nitrogens with zero attached hydrogens (tertiary/aromatic N) is 3. The van der Waals surface area contributed by atoms with Gasteiger partial charge in [0.15, 0.2) is 0 Å². The molecule has 5 aliphatic rings. The number of anilines is 6. The van der Waals surface area contributed by atoms with E-state index in [9.17, 15) is 0 Å². The van der Waals surface area contributed by atoms with Crippen LogP contribution in [0.2, 0.25) is 0 Å². The summed E-state index contributed by atoms with van der Waals surface area (Å²) in [7, 11) is 0. The molecule has 5 heteroatoms. The highest BCUT2D eigenvalue weighted by Crippen LogP contribution is 2.55. The average Bonchev–Trinajstić information content (AvgIpc) is 3.84. The van der Waals surface area contributed by atoms with E-state index < -0.39 is 0 Å². The van der Waals surface area contributed by atoms with Gasteiger partial charge in [-0.25, -0.2) is 0 Å². The van der Waals surface area contributed by atoms with Gasteiger partial charge < -0.3 is 14.4 Å². The van der Waals surface area contributed by atoms with E-state index in [0.29, 0.717) is 0 Å². The highest BCUT2D eigenvalue weighted by molar-refractivity contribution is 7.00. The zero-order valence-corrected chi connectivity index (χ0v) is 32.5. The number of fused-ring (bicyclic) bond motifs is 15. The molecule has 0 saturated heterocycles. The lowest BCUT2D eigenvalue weighted by molar-refractivity contribution is 1.03. The second-order valence-electron chi connectivity index (χ2n) is 17.1. The first-order valence-corrected chi connectivity index (χ1v) is 21.2. The van der Waals surface area contributed by atoms with Gasteiger partial charge in [0.1, 0.15) is 0 Å². The van der Waals surface area contributed by atoms with Crippen LogP contribution in [-0.4, -0.2) is 18.0 Å². The molecule has 1 aliphatic carbocycles. The Morgan fingerprint density at radius 3 is 1.63 bits per heavy atom. The zero-order valence-electron chi connectivity index (χ0n) is 32.5. The molecular weight excluding hydrogens is 724 g/mol. The summed E-state index contributed by atoms with van der Waals surface area (Å²) in [5.74, 6) is 0.110. The van der Waals surface area contributed by atoms with E-state index in [2.05, 4.69) is 208 Å². The van der Waals surface area contributed by atoms with Crippen LogP contribution in [0.4, 0.5) is 34.1 Å². The van der Waals surface area contributed by atoms with Gasteiger partial charge in [0, 0.05) is 62.0 Å². The van der Waals surface area contributed by atoms with Gasteiger partial charge in [0.05, 0.1) is 5.52 Å². The Morgan fingerprint density at radius 2 is 0.900 bits per heavy atom. The monoisotopic (exact) mass is 757 g/mol. The van der Waals surface area contributed by atoms with Crippen LogP contribution in [0.3, 0.4) is 0 Å². The molecule has 0 spiro atoms. The molecular formula is C55H33B2N3. The Hall–Kier alpha value is -7.49. The SMILES string of the molecule is c1ccc(N2c3ccccc3B3c4cccc5c4C(c4cccc2c43)c2c-5ccc3c2c2cccc4c2n3-c2cccc3c2B4c2ccccc2N3c2ccccc2)cc1. The second-order valence-corrected chi connectivity index (χ2v) is 17.1. The predicted octanol–water partition coefficient (Wildman–Crippen LogP) is 9.17. The van der Waals surface area contributed by atoms with Crippen molar-refractivity contribution in [2.75, 3.05) is 9.80 Å². The molecule has 0 saturated carbocycles. The van der Waals surface area contributed by atoms with E-state index >= 15 is 0 Å². The van der Waals surface area contributed by atoms with Gasteiger partial charge in [-0.1, -0.05) is 139 Å². The zero-order chi connectivity index (χ0) is 38.8. The minimum atomic E-state index is 0.110. The third-order valence-corrected chi connectivity index (χ3v) is 14.4. The molecule has 1 atom stereocenters. The number of benzene rings is 9. The molecule has 0 bridgehead atoms. The van der Waals surface area contributed by atoms with Gasteiger partial charge in [-0.2, -0.15) is 0 Å². The molecule has 4 aliphatic heterocycles. The summed E-state index contributed by atoms with van der Waals surface area (Å²) in [5.41, 5.74) is 26.8. The minimum Gasteiger partial charge on any atom is -0.312 e. The third-order valence-electron chi connectivity index (χ3n) is 14.4. The van der Waals surface area contributed by atoms with E-state index in [1.807, 2.05) is 0 Å². The quantitative estimate of drug-likeness (QED) is 0.163. The van der Waals surface area contributed by atoms with Gasteiger partial charge in [-0.05, 0) is 116 Å². The average molecular weight is 758 g/mol. The maximum absolute atomic E-state index is 2.62. The summed E-state index contributed by atoms with van der Waals surface area (Å²) in [4.78, 5) is 4.98. The Kier molecular flexibility index (Phi) is 5.86. The van der Waals surface area contributed by atoms with E-state index in [-0.39, 0.29) is 19.3 Å². The number of rotatable bonds is 2. The molecule has 274 valence electrons. The summed E-state index contributed by atoms with van der Waals surface area (Å²) in [6, 6.07) is 73.2. The van der Waals surface area contributed by atoms with Crippen molar-refractivity contribution in [3.8, 4) is 16.8 Å². The fraction of sp³-hybridized carbons (Fsp3) is 0.0182. The first-order chi connectivity index (χ1) is 29.8. The number of para-hydroxylation sites is 5. The maximum Gasteiger partial charge on any atom is 0.252 e. The van der Waals surface area contributed by atoms with Gasteiger partial charge in [0.2, 0.25) is 6.71 Å². The van der Waals surface area contributed by atoms with E-state index in [1.165, 1.54) is 122 Å². The largest absolute Gasteiger partial charge is 0.312 e. The van der Waals surface area contributed by atoms with Gasteiger partial charge >= 0.3 is 0 Å². The summed E-state index contributed by atoms with van der Waals surface area (Å²) in [6.07, 6.45) is 0. The van der Waals surface area contributed by atoms with Gasteiger partial charge in [0.25, 0.3) is 6.71 Å². The molecule has 0 amide bonds. The van der Waals surface area contributed by atoms with Gasteiger partial charge in [-0.3, -0.25) is 0 Å². The molecule has 1 unspecified atom stereocenters. The normalized spacial score (nSPS) is 15.4. The molecule has 0 N–H and O–H groups in total. The van der Waals surface area contributed by atoms with Gasteiger partial charge in [-0.15, -0.1) is 0 Å². The van der Waals surface area contributed by atoms with Crippen molar-refractivity contribution >= 4 is 102 Å². The summed E-state index contributed by atoms with van der Waals surface area (Å²) >= 11 is 0. The molecule has 9 aromatic carbocycles. The van der Waals surface area contributed by atoms with Crippen LogP contribution in [0.25, 0.3) is 38.6 Å². The lowest BCUT2D eigenvalue weighted by Crippen LogP contribution is -2.61. The molecule has 10 aromatic rings. The van der Waals surface area contributed by atoms with Crippen LogP contribution in [-0.2, 0) is 0 Å². The molecule has 3 nitrogen and oxygen atoms in total. The molecule has 15 rings (SSSR count). The topological polar surface area (TPSA) is 11.4 Å². The number of hydrogen-bond acceptors (Lipinski definition) is 2. The van der Waals surface area contributed by atoms with E-state index in [4.69, 9.17) is 0 Å². The summed E-state index contributed by atoms with van der Waals surface area (Å²) in [6.45, 7) is 0.268. The highest BCUT2D eigenvalue weighted by Gasteiger charge is 2.48. The molecule has 60 heavy (non-hydrogen) atoms. The number of aromatic nitrogens is 1. The Balaban J connectivity index is 1.04.